The van der Waals surface area contributed by atoms with Crippen LogP contribution in [0.4, 0.5) is 0 Å². The third-order valence-corrected chi connectivity index (χ3v) is 2.38. The van der Waals surface area contributed by atoms with Gasteiger partial charge in [0, 0.05) is 7.11 Å². The molecule has 0 amide bonds. The smallest absolute Gasteiger partial charge is 0.340 e. The number of nitrogens with zero attached hydrogens (tertiary/aromatic N) is 2. The van der Waals surface area contributed by atoms with Gasteiger partial charge in [0.25, 0.3) is 0 Å². The molecule has 94 valence electrons. The second kappa shape index (κ2) is 5.92. The lowest BCUT2D eigenvalue weighted by atomic mass is 10.1. The summed E-state index contributed by atoms with van der Waals surface area (Å²) in [6.45, 7) is 0.0715. The second-order valence-corrected chi connectivity index (χ2v) is 3.60. The number of ether oxygens (including phenoxy) is 2. The summed E-state index contributed by atoms with van der Waals surface area (Å²) in [5.74, 6) is -0.452. The highest BCUT2D eigenvalue weighted by Crippen LogP contribution is 2.18. The lowest BCUT2D eigenvalue weighted by Crippen LogP contribution is -2.17. The van der Waals surface area contributed by atoms with Gasteiger partial charge >= 0.3 is 5.97 Å². The zero-order chi connectivity index (χ0) is 12.8. The first-order valence-corrected chi connectivity index (χ1v) is 5.40. The van der Waals surface area contributed by atoms with Crippen molar-refractivity contribution in [3.63, 3.8) is 0 Å². The van der Waals surface area contributed by atoms with E-state index < -0.39 is 12.1 Å². The van der Waals surface area contributed by atoms with Crippen molar-refractivity contribution in [2.45, 2.75) is 12.7 Å². The largest absolute Gasteiger partial charge is 0.457 e. The van der Waals surface area contributed by atoms with E-state index in [9.17, 15) is 4.79 Å². The Morgan fingerprint density at radius 1 is 1.39 bits per heavy atom. The summed E-state index contributed by atoms with van der Waals surface area (Å²) in [6, 6.07) is 9.17. The Kier molecular flexibility index (Phi) is 4.03. The first kappa shape index (κ1) is 12.3. The molecule has 1 aromatic heterocycles. The van der Waals surface area contributed by atoms with Crippen LogP contribution in [0.2, 0.25) is 0 Å². The molecule has 0 aliphatic heterocycles. The predicted octanol–water partition coefficient (Wildman–Crippen LogP) is 1.24. The van der Waals surface area contributed by atoms with E-state index in [4.69, 9.17) is 9.47 Å². The Morgan fingerprint density at radius 2 is 2.17 bits per heavy atom. The molecule has 1 atom stereocenters. The lowest BCUT2D eigenvalue weighted by molar-refractivity contribution is -0.157. The standard InChI is InChI=1S/C12H13N3O3/c1-17-11(9-5-3-2-4-6-9)12(16)18-8-10-7-13-15-14-10/h2-7,11H,8H2,1H3,(H,13,14,15). The molecule has 0 saturated carbocycles. The van der Waals surface area contributed by atoms with Gasteiger partial charge in [-0.2, -0.15) is 15.4 Å². The molecule has 2 rings (SSSR count). The number of methoxy groups -OCH3 is 1. The van der Waals surface area contributed by atoms with Gasteiger partial charge in [-0.25, -0.2) is 4.79 Å². The second-order valence-electron chi connectivity index (χ2n) is 3.60. The van der Waals surface area contributed by atoms with Crippen LogP contribution in [0.15, 0.2) is 36.5 Å². The number of H-pyrrole nitrogens is 1. The van der Waals surface area contributed by atoms with E-state index in [2.05, 4.69) is 15.4 Å². The molecule has 0 aliphatic carbocycles. The van der Waals surface area contributed by atoms with Crippen molar-refractivity contribution in [3.8, 4) is 0 Å². The number of nitrogens with one attached hydrogen (secondary N) is 1. The molecule has 0 aliphatic rings. The first-order chi connectivity index (χ1) is 8.81. The number of benzene rings is 1. The molecule has 6 heteroatoms. The van der Waals surface area contributed by atoms with E-state index in [1.54, 1.807) is 0 Å². The molecule has 0 saturated heterocycles. The molecule has 2 aromatic rings. The highest BCUT2D eigenvalue weighted by molar-refractivity contribution is 5.76. The SMILES string of the molecule is COC(C(=O)OCc1cn[nH]n1)c1ccccc1. The van der Waals surface area contributed by atoms with Crippen molar-refractivity contribution in [2.24, 2.45) is 0 Å². The number of carbonyl (C=O) groups excluding carboxylic acids is 1. The number of rotatable bonds is 5. The van der Waals surface area contributed by atoms with Gasteiger partial charge in [-0.15, -0.1) is 0 Å². The monoisotopic (exact) mass is 247 g/mol. The highest BCUT2D eigenvalue weighted by atomic mass is 16.6. The van der Waals surface area contributed by atoms with Gasteiger partial charge in [0.1, 0.15) is 12.3 Å². The Hall–Kier alpha value is -2.21. The van der Waals surface area contributed by atoms with Crippen molar-refractivity contribution < 1.29 is 14.3 Å². The van der Waals surface area contributed by atoms with Crippen molar-refractivity contribution in [3.05, 3.63) is 47.8 Å². The fourth-order valence-electron chi connectivity index (χ4n) is 1.51. The van der Waals surface area contributed by atoms with Crippen molar-refractivity contribution >= 4 is 5.97 Å². The van der Waals surface area contributed by atoms with Crippen LogP contribution in [0.3, 0.4) is 0 Å². The van der Waals surface area contributed by atoms with Gasteiger partial charge < -0.3 is 9.47 Å². The molecule has 1 aromatic carbocycles. The number of hydrogen-bond acceptors (Lipinski definition) is 5. The minimum Gasteiger partial charge on any atom is -0.457 e. The zero-order valence-corrected chi connectivity index (χ0v) is 9.87. The first-order valence-electron chi connectivity index (χ1n) is 5.40. The minimum atomic E-state index is -0.724. The summed E-state index contributed by atoms with van der Waals surface area (Å²) in [5, 5.41) is 9.86. The van der Waals surface area contributed by atoms with E-state index in [1.807, 2.05) is 30.3 Å². The van der Waals surface area contributed by atoms with Crippen LogP contribution in [-0.4, -0.2) is 28.5 Å². The van der Waals surface area contributed by atoms with Crippen LogP contribution in [-0.2, 0) is 20.9 Å². The summed E-state index contributed by atoms with van der Waals surface area (Å²) < 4.78 is 10.3. The van der Waals surface area contributed by atoms with Crippen LogP contribution < -0.4 is 0 Å². The summed E-state index contributed by atoms with van der Waals surface area (Å²) >= 11 is 0. The molecule has 0 radical (unpaired) electrons. The van der Waals surface area contributed by atoms with E-state index >= 15 is 0 Å². The number of carbonyl (C=O) groups is 1. The van der Waals surface area contributed by atoms with Gasteiger partial charge in [0.05, 0.1) is 6.20 Å². The van der Waals surface area contributed by atoms with Gasteiger partial charge in [-0.05, 0) is 5.56 Å². The minimum absolute atomic E-state index is 0.0715. The van der Waals surface area contributed by atoms with Crippen LogP contribution in [0.1, 0.15) is 17.4 Å². The average molecular weight is 247 g/mol. The number of aromatic nitrogens is 3. The third-order valence-electron chi connectivity index (χ3n) is 2.38. The molecular formula is C12H13N3O3. The third kappa shape index (κ3) is 2.92. The van der Waals surface area contributed by atoms with Crippen LogP contribution in [0.5, 0.6) is 0 Å². The summed E-state index contributed by atoms with van der Waals surface area (Å²) in [5.41, 5.74) is 1.32. The van der Waals surface area contributed by atoms with Gasteiger partial charge in [-0.1, -0.05) is 30.3 Å². The number of aromatic amines is 1. The Labute approximate surface area is 104 Å². The summed E-state index contributed by atoms with van der Waals surface area (Å²) in [6.07, 6.45) is 0.774. The molecule has 1 unspecified atom stereocenters. The van der Waals surface area contributed by atoms with Crippen molar-refractivity contribution in [1.82, 2.24) is 15.4 Å². The van der Waals surface area contributed by atoms with Crippen LogP contribution >= 0.6 is 0 Å². The fraction of sp³-hybridized carbons (Fsp3) is 0.250. The molecule has 0 fully saturated rings. The van der Waals surface area contributed by atoms with Gasteiger partial charge in [0.2, 0.25) is 0 Å². The molecule has 1 heterocycles. The molecular weight excluding hydrogens is 234 g/mol. The quantitative estimate of drug-likeness (QED) is 0.804. The fourth-order valence-corrected chi connectivity index (χ4v) is 1.51. The van der Waals surface area contributed by atoms with Gasteiger partial charge in [-0.3, -0.25) is 0 Å². The van der Waals surface area contributed by atoms with E-state index in [0.717, 1.165) is 5.56 Å². The van der Waals surface area contributed by atoms with Gasteiger partial charge in [0.15, 0.2) is 6.10 Å². The molecule has 6 nitrogen and oxygen atoms in total. The summed E-state index contributed by atoms with van der Waals surface area (Å²) in [7, 11) is 1.47. The molecule has 18 heavy (non-hydrogen) atoms. The maximum Gasteiger partial charge on any atom is 0.340 e. The number of esters is 1. The average Bonchev–Trinajstić information content (AvgIpc) is 2.92. The van der Waals surface area contributed by atoms with Crippen molar-refractivity contribution in [1.29, 1.82) is 0 Å². The van der Waals surface area contributed by atoms with E-state index in [0.29, 0.717) is 5.69 Å². The topological polar surface area (TPSA) is 77.1 Å². The van der Waals surface area contributed by atoms with E-state index in [-0.39, 0.29) is 6.61 Å². The number of hydrogen-bond donors (Lipinski definition) is 1. The Bertz CT molecular complexity index is 485. The van der Waals surface area contributed by atoms with Crippen LogP contribution in [0.25, 0.3) is 0 Å². The highest BCUT2D eigenvalue weighted by Gasteiger charge is 2.21. The van der Waals surface area contributed by atoms with Crippen LogP contribution in [0, 0.1) is 0 Å². The lowest BCUT2D eigenvalue weighted by Gasteiger charge is -2.14. The molecule has 1 N–H and O–H groups in total. The Morgan fingerprint density at radius 3 is 2.78 bits per heavy atom. The summed E-state index contributed by atoms with van der Waals surface area (Å²) in [4.78, 5) is 11.9. The maximum absolute atomic E-state index is 11.9. The van der Waals surface area contributed by atoms with Crippen molar-refractivity contribution in [2.75, 3.05) is 7.11 Å². The van der Waals surface area contributed by atoms with E-state index in [1.165, 1.54) is 13.3 Å². The predicted molar refractivity (Wildman–Crippen MR) is 62.4 cm³/mol. The zero-order valence-electron chi connectivity index (χ0n) is 9.87. The normalized spacial score (nSPS) is 12.1. The maximum atomic E-state index is 11.9. The molecule has 0 spiro atoms. The Balaban J connectivity index is 1.98. The molecule has 0 bridgehead atoms.